The fourth-order valence-electron chi connectivity index (χ4n) is 5.17. The van der Waals surface area contributed by atoms with Gasteiger partial charge in [-0.3, -0.25) is 14.5 Å². The fourth-order valence-corrected chi connectivity index (χ4v) is 6.49. The number of H-pyrrole nitrogens is 1. The minimum absolute atomic E-state index is 0.0355. The van der Waals surface area contributed by atoms with Gasteiger partial charge in [-0.05, 0) is 54.4 Å². The molecule has 180 valence electrons. The second-order valence-electron chi connectivity index (χ2n) is 10.6. The predicted molar refractivity (Wildman–Crippen MR) is 133 cm³/mol. The fraction of sp³-hybridized carbons (Fsp3) is 0.500. The molecule has 1 amide bonds. The summed E-state index contributed by atoms with van der Waals surface area (Å²) in [7, 11) is 0. The molecule has 2 aliphatic rings. The minimum atomic E-state index is -0.404. The van der Waals surface area contributed by atoms with Gasteiger partial charge in [0.25, 0.3) is 11.5 Å². The molecule has 0 unspecified atom stereocenters. The highest BCUT2D eigenvalue weighted by atomic mass is 32.1. The third-order valence-corrected chi connectivity index (χ3v) is 8.45. The highest BCUT2D eigenvalue weighted by Crippen LogP contribution is 2.42. The average Bonchev–Trinajstić information content (AvgIpc) is 3.16. The molecule has 6 nitrogen and oxygen atoms in total. The maximum absolute atomic E-state index is 13.5. The Kier molecular flexibility index (Phi) is 6.06. The van der Waals surface area contributed by atoms with Crippen LogP contribution in [0.2, 0.25) is 0 Å². The first-order valence-electron chi connectivity index (χ1n) is 12.0. The van der Waals surface area contributed by atoms with Crippen molar-refractivity contribution in [2.75, 3.05) is 26.2 Å². The van der Waals surface area contributed by atoms with Crippen molar-refractivity contribution in [1.29, 1.82) is 0 Å². The Morgan fingerprint density at radius 2 is 2.00 bits per heavy atom. The van der Waals surface area contributed by atoms with E-state index in [4.69, 9.17) is 4.98 Å². The van der Waals surface area contributed by atoms with Gasteiger partial charge in [0.15, 0.2) is 0 Å². The van der Waals surface area contributed by atoms with Crippen molar-refractivity contribution in [1.82, 2.24) is 19.8 Å². The molecule has 0 radical (unpaired) electrons. The molecule has 34 heavy (non-hydrogen) atoms. The number of carbonyl (C=O) groups is 1. The van der Waals surface area contributed by atoms with Gasteiger partial charge in [0.05, 0.1) is 11.9 Å². The topological polar surface area (TPSA) is 69.3 Å². The van der Waals surface area contributed by atoms with Gasteiger partial charge in [-0.25, -0.2) is 9.37 Å². The number of rotatable bonds is 3. The molecule has 1 saturated heterocycles. The Labute approximate surface area is 202 Å². The van der Waals surface area contributed by atoms with Crippen LogP contribution in [0.4, 0.5) is 4.39 Å². The first kappa shape index (κ1) is 23.2. The molecule has 2 aromatic heterocycles. The number of amides is 1. The van der Waals surface area contributed by atoms with Crippen LogP contribution in [0, 0.1) is 17.2 Å². The largest absolute Gasteiger partial charge is 0.336 e. The molecular formula is C26H31FN4O2S. The maximum atomic E-state index is 13.5. The van der Waals surface area contributed by atoms with Gasteiger partial charge in [0, 0.05) is 36.6 Å². The zero-order chi connectivity index (χ0) is 24.0. The first-order chi connectivity index (χ1) is 16.2. The monoisotopic (exact) mass is 482 g/mol. The Hall–Kier alpha value is -2.58. The zero-order valence-electron chi connectivity index (χ0n) is 20.0. The highest BCUT2D eigenvalue weighted by molar-refractivity contribution is 7.18. The molecule has 8 heteroatoms. The van der Waals surface area contributed by atoms with Gasteiger partial charge in [0.1, 0.15) is 16.5 Å². The molecule has 3 heterocycles. The molecule has 0 spiro atoms. The summed E-state index contributed by atoms with van der Waals surface area (Å²) in [6.45, 7) is 9.90. The van der Waals surface area contributed by atoms with E-state index in [0.29, 0.717) is 50.0 Å². The molecule has 3 aromatic rings. The van der Waals surface area contributed by atoms with E-state index in [-0.39, 0.29) is 16.9 Å². The summed E-state index contributed by atoms with van der Waals surface area (Å²) < 4.78 is 13.5. The summed E-state index contributed by atoms with van der Waals surface area (Å²) >= 11 is 1.68. The lowest BCUT2D eigenvalue weighted by Gasteiger charge is -2.34. The number of nitrogens with one attached hydrogen (secondary N) is 1. The standard InChI is InChI=1S/C26H31FN4O2S/c1-26(2,3)17-7-8-19-20(14-17)34-24-22(19)23(32)28-21(29-24)15-30-9-11-31(12-10-30)25(33)16-5-4-6-18(27)13-16/h4-6,13,17H,7-12,14-15H2,1-3H3,(H,28,29,32)/t17-/m0/s1. The highest BCUT2D eigenvalue weighted by Gasteiger charge is 2.32. The van der Waals surface area contributed by atoms with Crippen molar-refractivity contribution in [2.24, 2.45) is 11.3 Å². The summed E-state index contributed by atoms with van der Waals surface area (Å²) in [5, 5.41) is 0.779. The summed E-state index contributed by atoms with van der Waals surface area (Å²) in [5.74, 6) is 0.746. The second kappa shape index (κ2) is 8.89. The Morgan fingerprint density at radius 3 is 2.71 bits per heavy atom. The van der Waals surface area contributed by atoms with E-state index in [1.165, 1.54) is 22.6 Å². The third kappa shape index (κ3) is 4.53. The van der Waals surface area contributed by atoms with Crippen molar-refractivity contribution in [3.05, 3.63) is 62.3 Å². The van der Waals surface area contributed by atoms with E-state index < -0.39 is 5.82 Å². The summed E-state index contributed by atoms with van der Waals surface area (Å²) in [4.78, 5) is 39.6. The van der Waals surface area contributed by atoms with Crippen molar-refractivity contribution in [2.45, 2.75) is 46.6 Å². The van der Waals surface area contributed by atoms with Crippen molar-refractivity contribution in [3.63, 3.8) is 0 Å². The van der Waals surface area contributed by atoms with E-state index in [9.17, 15) is 14.0 Å². The second-order valence-corrected chi connectivity index (χ2v) is 11.7. The summed E-state index contributed by atoms with van der Waals surface area (Å²) in [5.41, 5.74) is 1.80. The van der Waals surface area contributed by atoms with Crippen molar-refractivity contribution in [3.8, 4) is 0 Å². The molecule has 1 aromatic carbocycles. The van der Waals surface area contributed by atoms with E-state index in [1.807, 2.05) is 0 Å². The van der Waals surface area contributed by atoms with Crippen LogP contribution in [0.5, 0.6) is 0 Å². The van der Waals surface area contributed by atoms with Crippen LogP contribution in [-0.4, -0.2) is 51.9 Å². The Morgan fingerprint density at radius 1 is 1.24 bits per heavy atom. The lowest BCUT2D eigenvalue weighted by Crippen LogP contribution is -2.48. The van der Waals surface area contributed by atoms with Crippen molar-refractivity contribution >= 4 is 27.5 Å². The number of nitrogens with zero attached hydrogens (tertiary/aromatic N) is 3. The van der Waals surface area contributed by atoms with E-state index in [1.54, 1.807) is 28.4 Å². The van der Waals surface area contributed by atoms with Gasteiger partial charge in [0.2, 0.25) is 0 Å². The van der Waals surface area contributed by atoms with Crippen LogP contribution < -0.4 is 5.56 Å². The number of benzene rings is 1. The SMILES string of the molecule is CC(C)(C)[C@H]1CCc2c(sc3nc(CN4CCN(C(=O)c5cccc(F)c5)CC4)[nH]c(=O)c23)C1. The molecule has 1 atom stereocenters. The summed E-state index contributed by atoms with van der Waals surface area (Å²) in [6.07, 6.45) is 3.08. The molecule has 5 rings (SSSR count). The van der Waals surface area contributed by atoms with E-state index >= 15 is 0 Å². The van der Waals surface area contributed by atoms with Crippen LogP contribution in [0.25, 0.3) is 10.2 Å². The maximum Gasteiger partial charge on any atom is 0.259 e. The van der Waals surface area contributed by atoms with Gasteiger partial charge in [-0.2, -0.15) is 0 Å². The van der Waals surface area contributed by atoms with Gasteiger partial charge in [-0.1, -0.05) is 26.8 Å². The number of halogens is 1. The molecule has 1 N–H and O–H groups in total. The quantitative estimate of drug-likeness (QED) is 0.607. The van der Waals surface area contributed by atoms with Gasteiger partial charge in [-0.15, -0.1) is 11.3 Å². The third-order valence-electron chi connectivity index (χ3n) is 7.30. The minimum Gasteiger partial charge on any atom is -0.336 e. The summed E-state index contributed by atoms with van der Waals surface area (Å²) in [6, 6.07) is 5.82. The molecular weight excluding hydrogens is 451 g/mol. The number of hydrogen-bond donors (Lipinski definition) is 1. The zero-order valence-corrected chi connectivity index (χ0v) is 20.8. The molecule has 1 aliphatic heterocycles. The number of aryl methyl sites for hydroxylation is 1. The van der Waals surface area contributed by atoms with Crippen LogP contribution in [0.1, 0.15) is 53.8 Å². The number of fused-ring (bicyclic) bond motifs is 3. The van der Waals surface area contributed by atoms with Crippen LogP contribution in [-0.2, 0) is 19.4 Å². The number of carbonyl (C=O) groups excluding carboxylic acids is 1. The van der Waals surface area contributed by atoms with Crippen LogP contribution >= 0.6 is 11.3 Å². The Bertz CT molecular complexity index is 1280. The number of aromatic amines is 1. The average molecular weight is 483 g/mol. The number of thiophene rings is 1. The number of aromatic nitrogens is 2. The van der Waals surface area contributed by atoms with E-state index in [0.717, 1.165) is 29.5 Å². The van der Waals surface area contributed by atoms with Crippen LogP contribution in [0.15, 0.2) is 29.1 Å². The molecule has 0 bridgehead atoms. The van der Waals surface area contributed by atoms with Gasteiger partial charge >= 0.3 is 0 Å². The van der Waals surface area contributed by atoms with Gasteiger partial charge < -0.3 is 9.88 Å². The van der Waals surface area contributed by atoms with E-state index in [2.05, 4.69) is 30.7 Å². The number of hydrogen-bond acceptors (Lipinski definition) is 5. The lowest BCUT2D eigenvalue weighted by molar-refractivity contribution is 0.0625. The number of piperazine rings is 1. The molecule has 0 saturated carbocycles. The molecule has 1 aliphatic carbocycles. The van der Waals surface area contributed by atoms with Crippen LogP contribution in [0.3, 0.4) is 0 Å². The Balaban J connectivity index is 1.27. The lowest BCUT2D eigenvalue weighted by atomic mass is 9.72. The van der Waals surface area contributed by atoms with Crippen molar-refractivity contribution < 1.29 is 9.18 Å². The first-order valence-corrected chi connectivity index (χ1v) is 12.8. The normalized spacial score (nSPS) is 19.4. The molecule has 1 fully saturated rings. The smallest absolute Gasteiger partial charge is 0.259 e. The predicted octanol–water partition coefficient (Wildman–Crippen LogP) is 4.23.